The van der Waals surface area contributed by atoms with Crippen molar-refractivity contribution >= 4 is 11.5 Å². The summed E-state index contributed by atoms with van der Waals surface area (Å²) in [7, 11) is 0. The Labute approximate surface area is 159 Å². The van der Waals surface area contributed by atoms with Crippen LogP contribution in [0.15, 0.2) is 84.0 Å². The zero-order valence-corrected chi connectivity index (χ0v) is 15.3. The first kappa shape index (κ1) is 17.2. The number of nitrogens with zero attached hydrogens (tertiary/aromatic N) is 1. The summed E-state index contributed by atoms with van der Waals surface area (Å²) in [4.78, 5) is 18.6. The molecular formula is C24H21NO2. The molecule has 3 aromatic rings. The molecule has 0 saturated heterocycles. The summed E-state index contributed by atoms with van der Waals surface area (Å²) in [6.07, 6.45) is 1.52. The van der Waals surface area contributed by atoms with Gasteiger partial charge in [-0.15, -0.1) is 0 Å². The standard InChI is InChI=1S/C24H21NO2/c1-17-9-5-6-12-19(17)15-20-16-23(25-27-20)21-13-7-8-14-22(21)24(26)18-10-3-2-4-11-18/h2-14,20H,15-16H2,1H3. The largest absolute Gasteiger partial charge is 0.391 e. The molecular weight excluding hydrogens is 334 g/mol. The molecule has 1 heterocycles. The summed E-state index contributed by atoms with van der Waals surface area (Å²) in [5.74, 6) is 0.0104. The fourth-order valence-corrected chi connectivity index (χ4v) is 3.46. The first-order valence-electron chi connectivity index (χ1n) is 9.18. The maximum Gasteiger partial charge on any atom is 0.193 e. The molecule has 3 nitrogen and oxygen atoms in total. The summed E-state index contributed by atoms with van der Waals surface area (Å²) in [5, 5.41) is 4.31. The van der Waals surface area contributed by atoms with Gasteiger partial charge >= 0.3 is 0 Å². The Morgan fingerprint density at radius 2 is 1.67 bits per heavy atom. The van der Waals surface area contributed by atoms with Gasteiger partial charge in [-0.3, -0.25) is 4.79 Å². The van der Waals surface area contributed by atoms with Crippen molar-refractivity contribution in [1.29, 1.82) is 0 Å². The minimum Gasteiger partial charge on any atom is -0.391 e. The van der Waals surface area contributed by atoms with E-state index in [1.54, 1.807) is 0 Å². The zero-order valence-electron chi connectivity index (χ0n) is 15.3. The summed E-state index contributed by atoms with van der Waals surface area (Å²) in [5.41, 5.74) is 5.58. The van der Waals surface area contributed by atoms with Crippen LogP contribution in [-0.2, 0) is 11.3 Å². The number of rotatable bonds is 5. The van der Waals surface area contributed by atoms with E-state index in [-0.39, 0.29) is 11.9 Å². The van der Waals surface area contributed by atoms with Crippen molar-refractivity contribution < 1.29 is 9.63 Å². The van der Waals surface area contributed by atoms with Crippen molar-refractivity contribution in [1.82, 2.24) is 0 Å². The second-order valence-electron chi connectivity index (χ2n) is 6.84. The number of hydrogen-bond acceptors (Lipinski definition) is 3. The highest BCUT2D eigenvalue weighted by Gasteiger charge is 2.26. The van der Waals surface area contributed by atoms with Gasteiger partial charge in [0, 0.05) is 29.5 Å². The van der Waals surface area contributed by atoms with Crippen molar-refractivity contribution in [3.8, 4) is 0 Å². The monoisotopic (exact) mass is 355 g/mol. The van der Waals surface area contributed by atoms with Gasteiger partial charge in [0.05, 0.1) is 5.71 Å². The molecule has 0 aliphatic carbocycles. The molecule has 0 N–H and O–H groups in total. The predicted octanol–water partition coefficient (Wildman–Crippen LogP) is 4.96. The van der Waals surface area contributed by atoms with E-state index in [9.17, 15) is 4.79 Å². The van der Waals surface area contributed by atoms with Crippen LogP contribution in [0.2, 0.25) is 0 Å². The number of oxime groups is 1. The molecule has 1 aliphatic heterocycles. The van der Waals surface area contributed by atoms with Gasteiger partial charge in [0.25, 0.3) is 0 Å². The lowest BCUT2D eigenvalue weighted by Gasteiger charge is -2.11. The van der Waals surface area contributed by atoms with Gasteiger partial charge in [-0.1, -0.05) is 84.0 Å². The molecule has 3 heteroatoms. The Kier molecular flexibility index (Phi) is 4.84. The minimum absolute atomic E-state index is 0.000911. The Bertz CT molecular complexity index is 992. The lowest BCUT2D eigenvalue weighted by atomic mass is 9.92. The van der Waals surface area contributed by atoms with Crippen LogP contribution in [-0.4, -0.2) is 17.6 Å². The van der Waals surface area contributed by atoms with E-state index in [4.69, 9.17) is 4.84 Å². The number of hydrogen-bond donors (Lipinski definition) is 0. The fourth-order valence-electron chi connectivity index (χ4n) is 3.46. The summed E-state index contributed by atoms with van der Waals surface area (Å²) in [6.45, 7) is 2.11. The number of carbonyl (C=O) groups is 1. The lowest BCUT2D eigenvalue weighted by Crippen LogP contribution is -2.14. The highest BCUT2D eigenvalue weighted by molar-refractivity contribution is 6.17. The van der Waals surface area contributed by atoms with E-state index in [1.165, 1.54) is 11.1 Å². The van der Waals surface area contributed by atoms with E-state index in [2.05, 4.69) is 24.2 Å². The molecule has 1 unspecified atom stereocenters. The Balaban J connectivity index is 1.55. The van der Waals surface area contributed by atoms with Gasteiger partial charge < -0.3 is 4.84 Å². The predicted molar refractivity (Wildman–Crippen MR) is 107 cm³/mol. The Morgan fingerprint density at radius 3 is 2.48 bits per heavy atom. The maximum atomic E-state index is 12.9. The molecule has 0 spiro atoms. The first-order chi connectivity index (χ1) is 13.2. The number of ketones is 1. The van der Waals surface area contributed by atoms with Crippen LogP contribution < -0.4 is 0 Å². The van der Waals surface area contributed by atoms with Crippen LogP contribution >= 0.6 is 0 Å². The van der Waals surface area contributed by atoms with Gasteiger partial charge in [-0.25, -0.2) is 0 Å². The molecule has 1 atom stereocenters. The first-order valence-corrected chi connectivity index (χ1v) is 9.18. The van der Waals surface area contributed by atoms with Gasteiger partial charge in [0.2, 0.25) is 0 Å². The van der Waals surface area contributed by atoms with Crippen LogP contribution in [0, 0.1) is 6.92 Å². The molecule has 134 valence electrons. The summed E-state index contributed by atoms with van der Waals surface area (Å²) >= 11 is 0. The van der Waals surface area contributed by atoms with Crippen LogP contribution in [0.4, 0.5) is 0 Å². The molecule has 0 bridgehead atoms. The topological polar surface area (TPSA) is 38.7 Å². The Morgan fingerprint density at radius 1 is 0.963 bits per heavy atom. The maximum absolute atomic E-state index is 12.9. The summed E-state index contributed by atoms with van der Waals surface area (Å²) < 4.78 is 0. The van der Waals surface area contributed by atoms with E-state index < -0.39 is 0 Å². The van der Waals surface area contributed by atoms with Crippen LogP contribution in [0.1, 0.15) is 39.0 Å². The van der Waals surface area contributed by atoms with E-state index in [0.29, 0.717) is 17.5 Å². The SMILES string of the molecule is Cc1ccccc1CC1CC(c2ccccc2C(=O)c2ccccc2)=NO1. The van der Waals surface area contributed by atoms with Gasteiger partial charge in [0.15, 0.2) is 5.78 Å². The van der Waals surface area contributed by atoms with Crippen molar-refractivity contribution in [2.75, 3.05) is 0 Å². The molecule has 27 heavy (non-hydrogen) atoms. The lowest BCUT2D eigenvalue weighted by molar-refractivity contribution is 0.0858. The van der Waals surface area contributed by atoms with E-state index >= 15 is 0 Å². The third-order valence-corrected chi connectivity index (χ3v) is 4.96. The Hall–Kier alpha value is -3.20. The second kappa shape index (κ2) is 7.58. The number of aryl methyl sites for hydroxylation is 1. The van der Waals surface area contributed by atoms with Crippen LogP contribution in [0.5, 0.6) is 0 Å². The smallest absolute Gasteiger partial charge is 0.193 e. The van der Waals surface area contributed by atoms with Gasteiger partial charge in [-0.05, 0) is 18.1 Å². The van der Waals surface area contributed by atoms with E-state index in [0.717, 1.165) is 17.7 Å². The molecule has 0 fully saturated rings. The normalized spacial score (nSPS) is 15.9. The molecule has 0 saturated carbocycles. The highest BCUT2D eigenvalue weighted by Crippen LogP contribution is 2.24. The quantitative estimate of drug-likeness (QED) is 0.607. The van der Waals surface area contributed by atoms with Crippen LogP contribution in [0.25, 0.3) is 0 Å². The molecule has 1 aliphatic rings. The third-order valence-electron chi connectivity index (χ3n) is 4.96. The molecule has 3 aromatic carbocycles. The molecule has 4 rings (SSSR count). The summed E-state index contributed by atoms with van der Waals surface area (Å²) in [6, 6.07) is 25.3. The highest BCUT2D eigenvalue weighted by atomic mass is 16.6. The van der Waals surface area contributed by atoms with Crippen LogP contribution in [0.3, 0.4) is 0 Å². The van der Waals surface area contributed by atoms with E-state index in [1.807, 2.05) is 66.7 Å². The van der Waals surface area contributed by atoms with Gasteiger partial charge in [0.1, 0.15) is 6.10 Å². The average molecular weight is 355 g/mol. The van der Waals surface area contributed by atoms with Crippen molar-refractivity contribution in [2.45, 2.75) is 25.9 Å². The molecule has 0 amide bonds. The van der Waals surface area contributed by atoms with Crippen molar-refractivity contribution in [3.05, 3.63) is 107 Å². The minimum atomic E-state index is 0.000911. The van der Waals surface area contributed by atoms with Crippen molar-refractivity contribution in [3.63, 3.8) is 0 Å². The fraction of sp³-hybridized carbons (Fsp3) is 0.167. The number of benzene rings is 3. The molecule has 0 radical (unpaired) electrons. The number of carbonyl (C=O) groups excluding carboxylic acids is 1. The zero-order chi connectivity index (χ0) is 18.6. The third kappa shape index (κ3) is 3.68. The second-order valence-corrected chi connectivity index (χ2v) is 6.84. The average Bonchev–Trinajstić information content (AvgIpc) is 3.18. The molecule has 0 aromatic heterocycles. The van der Waals surface area contributed by atoms with Gasteiger partial charge in [-0.2, -0.15) is 0 Å². The van der Waals surface area contributed by atoms with Crippen molar-refractivity contribution in [2.24, 2.45) is 5.16 Å².